The third-order valence-electron chi connectivity index (χ3n) is 6.93. The highest BCUT2D eigenvalue weighted by Gasteiger charge is 2.53. The summed E-state index contributed by atoms with van der Waals surface area (Å²) in [6.45, 7) is 10.3. The first-order chi connectivity index (χ1) is 20.4. The second kappa shape index (κ2) is 15.5. The first-order valence-corrected chi connectivity index (χ1v) is 14.4. The minimum Gasteiger partial charge on any atom is -0.463 e. The molecule has 0 saturated carbocycles. The summed E-state index contributed by atoms with van der Waals surface area (Å²) in [7, 11) is 0. The molecule has 0 amide bonds. The second-order valence-electron chi connectivity index (χ2n) is 10.6. The van der Waals surface area contributed by atoms with Crippen LogP contribution in [0.2, 0.25) is 0 Å². The van der Waals surface area contributed by atoms with E-state index in [-0.39, 0.29) is 12.5 Å². The number of benzene rings is 1. The lowest BCUT2D eigenvalue weighted by Crippen LogP contribution is -2.63. The number of hydrogen-bond donors (Lipinski definition) is 0. The summed E-state index contributed by atoms with van der Waals surface area (Å²) in [6, 6.07) is 11.8. The molecular formula is C32H41NO10. The zero-order chi connectivity index (χ0) is 31.7. The molecule has 6 atom stereocenters. The van der Waals surface area contributed by atoms with Gasteiger partial charge in [0.15, 0.2) is 12.2 Å². The van der Waals surface area contributed by atoms with Gasteiger partial charge in [-0.25, -0.2) is 0 Å². The number of pyridine rings is 1. The molecule has 1 aromatic heterocycles. The number of rotatable bonds is 12. The predicted octanol–water partition coefficient (Wildman–Crippen LogP) is 4.48. The van der Waals surface area contributed by atoms with Crippen molar-refractivity contribution in [1.29, 1.82) is 0 Å². The summed E-state index contributed by atoms with van der Waals surface area (Å²) in [4.78, 5) is 53.0. The van der Waals surface area contributed by atoms with E-state index in [2.05, 4.69) is 19.1 Å². The third-order valence-corrected chi connectivity index (χ3v) is 6.93. The molecule has 234 valence electrons. The van der Waals surface area contributed by atoms with Gasteiger partial charge in [0.05, 0.1) is 0 Å². The molecule has 0 aliphatic carbocycles. The van der Waals surface area contributed by atoms with Crippen LogP contribution in [0.3, 0.4) is 0 Å². The molecule has 0 radical (unpaired) electrons. The Morgan fingerprint density at radius 1 is 0.860 bits per heavy atom. The van der Waals surface area contributed by atoms with E-state index in [0.29, 0.717) is 11.4 Å². The standard InChI is InChI=1S/C32H41NO10/c1-8-9-15-25(24-13-11-10-12-14-24)28-19(3)33-18(2)16-26(28)42-32-31(41-23(7)37)30(40-22(6)36)29(39-21(5)35)27(43-32)17-38-20(4)34/h10-14,16,25,27,29-32H,8-9,15,17H2,1-7H3/t25?,27-,29-,30+,31-,32-/m1/s1. The largest absolute Gasteiger partial charge is 0.463 e. The van der Waals surface area contributed by atoms with Crippen LogP contribution in [0.1, 0.15) is 82.3 Å². The van der Waals surface area contributed by atoms with Gasteiger partial charge < -0.3 is 28.4 Å². The van der Waals surface area contributed by atoms with Crippen LogP contribution in [-0.2, 0) is 42.9 Å². The van der Waals surface area contributed by atoms with Gasteiger partial charge in [-0.15, -0.1) is 0 Å². The zero-order valence-electron chi connectivity index (χ0n) is 25.8. The Morgan fingerprint density at radius 3 is 2.05 bits per heavy atom. The van der Waals surface area contributed by atoms with Gasteiger partial charge in [-0.2, -0.15) is 0 Å². The molecule has 0 spiro atoms. The molecule has 11 heteroatoms. The third kappa shape index (κ3) is 9.25. The van der Waals surface area contributed by atoms with Crippen molar-refractivity contribution in [2.75, 3.05) is 6.61 Å². The van der Waals surface area contributed by atoms with Gasteiger partial charge >= 0.3 is 23.9 Å². The van der Waals surface area contributed by atoms with Gasteiger partial charge in [-0.05, 0) is 25.8 Å². The van der Waals surface area contributed by atoms with Crippen molar-refractivity contribution in [2.24, 2.45) is 0 Å². The van der Waals surface area contributed by atoms with Crippen LogP contribution < -0.4 is 4.74 Å². The normalized spacial score (nSPS) is 22.2. The van der Waals surface area contributed by atoms with Crippen LogP contribution in [0, 0.1) is 13.8 Å². The summed E-state index contributed by atoms with van der Waals surface area (Å²) in [5, 5.41) is 0. The number of unbranched alkanes of at least 4 members (excludes halogenated alkanes) is 1. The van der Waals surface area contributed by atoms with Crippen molar-refractivity contribution in [1.82, 2.24) is 4.98 Å². The van der Waals surface area contributed by atoms with Crippen LogP contribution >= 0.6 is 0 Å². The van der Waals surface area contributed by atoms with Crippen LogP contribution in [0.25, 0.3) is 0 Å². The molecule has 2 heterocycles. The Hall–Kier alpha value is -3.99. The average Bonchev–Trinajstić information content (AvgIpc) is 2.92. The first-order valence-electron chi connectivity index (χ1n) is 14.4. The van der Waals surface area contributed by atoms with Gasteiger partial charge in [0.25, 0.3) is 0 Å². The van der Waals surface area contributed by atoms with E-state index in [0.717, 1.165) is 36.1 Å². The Bertz CT molecular complexity index is 1280. The summed E-state index contributed by atoms with van der Waals surface area (Å²) < 4.78 is 34.6. The number of hydrogen-bond acceptors (Lipinski definition) is 11. The van der Waals surface area contributed by atoms with E-state index in [4.69, 9.17) is 33.4 Å². The fraction of sp³-hybridized carbons (Fsp3) is 0.531. The SMILES string of the molecule is CCCCC(c1ccccc1)c1c(O[C@@H]2O[C@H](COC(C)=O)[C@@H](OC(C)=O)[C@H](OC(C)=O)[C@H]2OC(C)=O)cc(C)nc1C. The molecule has 1 saturated heterocycles. The van der Waals surface area contributed by atoms with Crippen molar-refractivity contribution < 1.29 is 47.6 Å². The average molecular weight is 600 g/mol. The second-order valence-corrected chi connectivity index (χ2v) is 10.6. The zero-order valence-corrected chi connectivity index (χ0v) is 25.8. The maximum Gasteiger partial charge on any atom is 0.303 e. The van der Waals surface area contributed by atoms with Crippen molar-refractivity contribution in [3.05, 3.63) is 58.9 Å². The monoisotopic (exact) mass is 599 g/mol. The van der Waals surface area contributed by atoms with E-state index in [1.54, 1.807) is 6.07 Å². The topological polar surface area (TPSA) is 137 Å². The lowest BCUT2D eigenvalue weighted by Gasteiger charge is -2.44. The molecule has 1 aliphatic heterocycles. The van der Waals surface area contributed by atoms with Crippen LogP contribution in [0.5, 0.6) is 5.75 Å². The molecule has 0 N–H and O–H groups in total. The van der Waals surface area contributed by atoms with Crippen LogP contribution in [-0.4, -0.2) is 66.2 Å². The summed E-state index contributed by atoms with van der Waals surface area (Å²) >= 11 is 0. The molecule has 3 rings (SSSR count). The molecule has 1 aromatic carbocycles. The smallest absolute Gasteiger partial charge is 0.303 e. The fourth-order valence-corrected chi connectivity index (χ4v) is 5.30. The van der Waals surface area contributed by atoms with E-state index in [9.17, 15) is 19.2 Å². The minimum absolute atomic E-state index is 0.0741. The number of carbonyl (C=O) groups is 4. The van der Waals surface area contributed by atoms with Gasteiger partial charge in [0.2, 0.25) is 12.4 Å². The van der Waals surface area contributed by atoms with Gasteiger partial charge in [0.1, 0.15) is 18.5 Å². The summed E-state index contributed by atoms with van der Waals surface area (Å²) in [6.07, 6.45) is -3.65. The highest BCUT2D eigenvalue weighted by atomic mass is 16.7. The molecule has 11 nitrogen and oxygen atoms in total. The Labute approximate surface area is 252 Å². The van der Waals surface area contributed by atoms with Gasteiger partial charge in [0, 0.05) is 56.6 Å². The summed E-state index contributed by atoms with van der Waals surface area (Å²) in [5.41, 5.74) is 3.35. The van der Waals surface area contributed by atoms with E-state index < -0.39 is 54.6 Å². The number of aromatic nitrogens is 1. The maximum atomic E-state index is 12.3. The van der Waals surface area contributed by atoms with Crippen molar-refractivity contribution in [3.8, 4) is 5.75 Å². The van der Waals surface area contributed by atoms with E-state index in [1.807, 2.05) is 32.0 Å². The van der Waals surface area contributed by atoms with E-state index in [1.165, 1.54) is 27.7 Å². The van der Waals surface area contributed by atoms with Crippen molar-refractivity contribution in [3.63, 3.8) is 0 Å². The Morgan fingerprint density at radius 2 is 1.47 bits per heavy atom. The molecule has 2 aromatic rings. The highest BCUT2D eigenvalue weighted by Crippen LogP contribution is 2.40. The number of esters is 4. The Balaban J connectivity index is 2.15. The highest BCUT2D eigenvalue weighted by molar-refractivity contribution is 5.68. The molecule has 1 unspecified atom stereocenters. The van der Waals surface area contributed by atoms with Crippen molar-refractivity contribution >= 4 is 23.9 Å². The quantitative estimate of drug-likeness (QED) is 0.252. The van der Waals surface area contributed by atoms with Gasteiger partial charge in [-0.3, -0.25) is 24.2 Å². The number of ether oxygens (including phenoxy) is 6. The number of nitrogens with zero attached hydrogens (tertiary/aromatic N) is 1. The molecule has 43 heavy (non-hydrogen) atoms. The fourth-order valence-electron chi connectivity index (χ4n) is 5.30. The molecule has 0 bridgehead atoms. The van der Waals surface area contributed by atoms with Gasteiger partial charge in [-0.1, -0.05) is 50.1 Å². The first kappa shape index (κ1) is 33.5. The lowest BCUT2D eigenvalue weighted by molar-refractivity contribution is -0.288. The van der Waals surface area contributed by atoms with E-state index >= 15 is 0 Å². The Kier molecular flexibility index (Phi) is 12.1. The van der Waals surface area contributed by atoms with Crippen LogP contribution in [0.15, 0.2) is 36.4 Å². The van der Waals surface area contributed by atoms with Crippen molar-refractivity contribution in [2.45, 2.75) is 104 Å². The molecular weight excluding hydrogens is 558 g/mol. The number of carbonyl (C=O) groups excluding carboxylic acids is 4. The van der Waals surface area contributed by atoms with Crippen LogP contribution in [0.4, 0.5) is 0 Å². The molecule has 1 aliphatic rings. The summed E-state index contributed by atoms with van der Waals surface area (Å²) in [5.74, 6) is -2.36. The number of aryl methyl sites for hydroxylation is 2. The predicted molar refractivity (Wildman–Crippen MR) is 154 cm³/mol. The minimum atomic E-state index is -1.34. The molecule has 1 fully saturated rings. The lowest BCUT2D eigenvalue weighted by atomic mass is 9.85. The maximum absolute atomic E-state index is 12.3.